The summed E-state index contributed by atoms with van der Waals surface area (Å²) in [7, 11) is 0. The topological polar surface area (TPSA) is 37.8 Å². The lowest BCUT2D eigenvalue weighted by Crippen LogP contribution is -2.04. The van der Waals surface area contributed by atoms with Crippen LogP contribution in [0.25, 0.3) is 0 Å². The molecule has 0 aliphatic heterocycles. The summed E-state index contributed by atoms with van der Waals surface area (Å²) in [5.74, 6) is 0.958. The van der Waals surface area contributed by atoms with Gasteiger partial charge in [-0.15, -0.1) is 0 Å². The van der Waals surface area contributed by atoms with Crippen molar-refractivity contribution in [2.75, 3.05) is 5.32 Å². The second-order valence-electron chi connectivity index (χ2n) is 4.40. The van der Waals surface area contributed by atoms with Gasteiger partial charge >= 0.3 is 0 Å². The Morgan fingerprint density at radius 3 is 2.80 bits per heavy atom. The van der Waals surface area contributed by atoms with Crippen molar-refractivity contribution in [2.24, 2.45) is 0 Å². The first-order valence-electron chi connectivity index (χ1n) is 6.26. The van der Waals surface area contributed by atoms with Gasteiger partial charge in [0.2, 0.25) is 0 Å². The van der Waals surface area contributed by atoms with E-state index in [-0.39, 0.29) is 5.82 Å². The number of nitrogens with zero attached hydrogens (tertiary/aromatic N) is 2. The van der Waals surface area contributed by atoms with Gasteiger partial charge in [0.25, 0.3) is 0 Å². The van der Waals surface area contributed by atoms with Gasteiger partial charge in [0.1, 0.15) is 22.6 Å². The quantitative estimate of drug-likeness (QED) is 0.778. The van der Waals surface area contributed by atoms with Gasteiger partial charge in [-0.05, 0) is 47.5 Å². The van der Waals surface area contributed by atoms with Gasteiger partial charge in [0, 0.05) is 16.5 Å². The van der Waals surface area contributed by atoms with Crippen molar-refractivity contribution in [1.29, 1.82) is 0 Å². The fourth-order valence-corrected chi connectivity index (χ4v) is 2.24. The number of anilines is 2. The molecule has 0 saturated carbocycles. The Balaban J connectivity index is 2.39. The number of halogens is 3. The molecule has 0 aliphatic carbocycles. The smallest absolute Gasteiger partial charge is 0.138 e. The third-order valence-electron chi connectivity index (χ3n) is 2.79. The highest BCUT2D eigenvalue weighted by molar-refractivity contribution is 9.10. The molecule has 0 aliphatic rings. The molecule has 0 atom stereocenters. The zero-order chi connectivity index (χ0) is 14.7. The predicted octanol–water partition coefficient (Wildman–Crippen LogP) is 5.04. The van der Waals surface area contributed by atoms with E-state index in [4.69, 9.17) is 11.6 Å². The Bertz CT molecular complexity index is 634. The summed E-state index contributed by atoms with van der Waals surface area (Å²) >= 11 is 9.49. The Morgan fingerprint density at radius 2 is 2.10 bits per heavy atom. The van der Waals surface area contributed by atoms with Crippen molar-refractivity contribution in [2.45, 2.75) is 26.7 Å². The highest BCUT2D eigenvalue weighted by Gasteiger charge is 2.11. The normalized spacial score (nSPS) is 10.7. The van der Waals surface area contributed by atoms with Gasteiger partial charge in [0.05, 0.1) is 5.69 Å². The van der Waals surface area contributed by atoms with Crippen molar-refractivity contribution in [3.63, 3.8) is 0 Å². The first-order chi connectivity index (χ1) is 9.51. The number of aryl methyl sites for hydroxylation is 1. The van der Waals surface area contributed by atoms with Gasteiger partial charge in [-0.1, -0.05) is 18.5 Å². The van der Waals surface area contributed by atoms with E-state index in [9.17, 15) is 4.39 Å². The molecule has 0 fully saturated rings. The van der Waals surface area contributed by atoms with E-state index in [1.165, 1.54) is 12.1 Å². The lowest BCUT2D eigenvalue weighted by molar-refractivity contribution is 0.628. The number of benzene rings is 1. The van der Waals surface area contributed by atoms with Gasteiger partial charge in [-0.3, -0.25) is 0 Å². The van der Waals surface area contributed by atoms with Crippen LogP contribution in [0.15, 0.2) is 22.7 Å². The molecule has 0 unspecified atom stereocenters. The molecule has 1 N–H and O–H groups in total. The van der Waals surface area contributed by atoms with E-state index >= 15 is 0 Å². The summed E-state index contributed by atoms with van der Waals surface area (Å²) in [4.78, 5) is 8.67. The van der Waals surface area contributed by atoms with E-state index in [1.807, 2.05) is 13.8 Å². The maximum Gasteiger partial charge on any atom is 0.138 e. The van der Waals surface area contributed by atoms with Crippen LogP contribution in [0.2, 0.25) is 5.15 Å². The SMILES string of the molecule is CCCc1nc(Cl)c(C)c(Nc2cc(F)ccc2Br)n1. The molecule has 106 valence electrons. The molecule has 0 bridgehead atoms. The number of rotatable bonds is 4. The minimum Gasteiger partial charge on any atom is -0.339 e. The number of hydrogen-bond acceptors (Lipinski definition) is 3. The predicted molar refractivity (Wildman–Crippen MR) is 83.2 cm³/mol. The summed E-state index contributed by atoms with van der Waals surface area (Å²) in [5.41, 5.74) is 1.34. The molecule has 6 heteroatoms. The third-order valence-corrected chi connectivity index (χ3v) is 3.85. The first-order valence-corrected chi connectivity index (χ1v) is 7.43. The highest BCUT2D eigenvalue weighted by atomic mass is 79.9. The van der Waals surface area contributed by atoms with E-state index < -0.39 is 0 Å². The monoisotopic (exact) mass is 357 g/mol. The molecule has 1 aromatic carbocycles. The van der Waals surface area contributed by atoms with Crippen molar-refractivity contribution in [1.82, 2.24) is 9.97 Å². The lowest BCUT2D eigenvalue weighted by atomic mass is 10.2. The molecular formula is C14H14BrClFN3. The average Bonchev–Trinajstić information content (AvgIpc) is 2.40. The minimum absolute atomic E-state index is 0.317. The largest absolute Gasteiger partial charge is 0.339 e. The molecule has 0 spiro atoms. The molecule has 0 radical (unpaired) electrons. The molecule has 0 amide bonds. The number of nitrogens with one attached hydrogen (secondary N) is 1. The summed E-state index contributed by atoms with van der Waals surface area (Å²) < 4.78 is 14.1. The van der Waals surface area contributed by atoms with Crippen LogP contribution in [-0.2, 0) is 6.42 Å². The standard InChI is InChI=1S/C14H14BrClFN3/c1-3-4-12-19-13(16)8(2)14(20-12)18-11-7-9(17)5-6-10(11)15/h5-7H,3-4H2,1-2H3,(H,18,19,20). The van der Waals surface area contributed by atoms with Crippen LogP contribution in [-0.4, -0.2) is 9.97 Å². The van der Waals surface area contributed by atoms with Crippen LogP contribution in [0.5, 0.6) is 0 Å². The van der Waals surface area contributed by atoms with E-state index in [1.54, 1.807) is 6.07 Å². The van der Waals surface area contributed by atoms with Crippen molar-refractivity contribution >= 4 is 39.0 Å². The average molecular weight is 359 g/mol. The Hall–Kier alpha value is -1.20. The minimum atomic E-state index is -0.317. The van der Waals surface area contributed by atoms with Gasteiger partial charge in [-0.25, -0.2) is 14.4 Å². The summed E-state index contributed by atoms with van der Waals surface area (Å²) in [6.07, 6.45) is 1.68. The van der Waals surface area contributed by atoms with Crippen molar-refractivity contribution in [3.05, 3.63) is 45.0 Å². The maximum atomic E-state index is 13.3. The van der Waals surface area contributed by atoms with E-state index in [2.05, 4.69) is 31.2 Å². The molecule has 1 heterocycles. The highest BCUT2D eigenvalue weighted by Crippen LogP contribution is 2.29. The van der Waals surface area contributed by atoms with Crippen LogP contribution in [0.1, 0.15) is 24.7 Å². The molecular weight excluding hydrogens is 345 g/mol. The van der Waals surface area contributed by atoms with Crippen molar-refractivity contribution in [3.8, 4) is 0 Å². The third kappa shape index (κ3) is 3.46. The first kappa shape index (κ1) is 15.2. The molecule has 20 heavy (non-hydrogen) atoms. The second-order valence-corrected chi connectivity index (χ2v) is 5.62. The van der Waals surface area contributed by atoms with Gasteiger partial charge < -0.3 is 5.32 Å². The Kier molecular flexibility index (Phi) is 4.94. The van der Waals surface area contributed by atoms with Gasteiger partial charge in [0.15, 0.2) is 0 Å². The van der Waals surface area contributed by atoms with Crippen LogP contribution in [0.4, 0.5) is 15.9 Å². The van der Waals surface area contributed by atoms with Crippen molar-refractivity contribution < 1.29 is 4.39 Å². The van der Waals surface area contributed by atoms with E-state index in [0.717, 1.165) is 22.9 Å². The van der Waals surface area contributed by atoms with Crippen LogP contribution in [0, 0.1) is 12.7 Å². The summed E-state index contributed by atoms with van der Waals surface area (Å²) in [6.45, 7) is 3.88. The van der Waals surface area contributed by atoms with E-state index in [0.29, 0.717) is 22.5 Å². The molecule has 1 aromatic heterocycles. The molecule has 2 aromatic rings. The number of hydrogen-bond donors (Lipinski definition) is 1. The van der Waals surface area contributed by atoms with Crippen LogP contribution >= 0.6 is 27.5 Å². The fourth-order valence-electron chi connectivity index (χ4n) is 1.71. The fraction of sp³-hybridized carbons (Fsp3) is 0.286. The number of aromatic nitrogens is 2. The van der Waals surface area contributed by atoms with Gasteiger partial charge in [-0.2, -0.15) is 0 Å². The molecule has 3 nitrogen and oxygen atoms in total. The zero-order valence-electron chi connectivity index (χ0n) is 11.2. The summed E-state index contributed by atoms with van der Waals surface area (Å²) in [6, 6.07) is 4.43. The van der Waals surface area contributed by atoms with Crippen LogP contribution in [0.3, 0.4) is 0 Å². The maximum absolute atomic E-state index is 13.3. The Labute approximate surface area is 130 Å². The second kappa shape index (κ2) is 6.50. The summed E-state index contributed by atoms with van der Waals surface area (Å²) in [5, 5.41) is 3.51. The zero-order valence-corrected chi connectivity index (χ0v) is 13.5. The lowest BCUT2D eigenvalue weighted by Gasteiger charge is -2.12. The Morgan fingerprint density at radius 1 is 1.35 bits per heavy atom. The molecule has 0 saturated heterocycles. The molecule has 2 rings (SSSR count). The van der Waals surface area contributed by atoms with Crippen LogP contribution < -0.4 is 5.32 Å².